The average Bonchev–Trinajstić information content (AvgIpc) is 2.93. The molecule has 208 valence electrons. The molecular weight excluding hydrogens is 508 g/mol. The van der Waals surface area contributed by atoms with Crippen LogP contribution in [0.3, 0.4) is 0 Å². The van der Waals surface area contributed by atoms with Crippen LogP contribution in [0.25, 0.3) is 10.8 Å². The van der Waals surface area contributed by atoms with Crippen LogP contribution in [0, 0.1) is 0 Å². The molecule has 4 rings (SSSR count). The highest BCUT2D eigenvalue weighted by Gasteiger charge is 2.18. The number of urea groups is 1. The summed E-state index contributed by atoms with van der Waals surface area (Å²) in [7, 11) is 3.14. The van der Waals surface area contributed by atoms with Gasteiger partial charge in [0.05, 0.1) is 18.5 Å². The van der Waals surface area contributed by atoms with Crippen LogP contribution < -0.4 is 30.7 Å². The topological polar surface area (TPSA) is 126 Å². The molecule has 0 aliphatic rings. The van der Waals surface area contributed by atoms with Crippen LogP contribution in [0.1, 0.15) is 33.3 Å². The Kier molecular flexibility index (Phi) is 8.37. The number of fused-ring (bicyclic) bond motifs is 1. The van der Waals surface area contributed by atoms with E-state index in [-0.39, 0.29) is 17.3 Å². The van der Waals surface area contributed by atoms with Crippen molar-refractivity contribution < 1.29 is 19.1 Å². The molecule has 0 fully saturated rings. The summed E-state index contributed by atoms with van der Waals surface area (Å²) in [5.74, 6) is 1.49. The molecule has 10 heteroatoms. The molecule has 40 heavy (non-hydrogen) atoms. The minimum absolute atomic E-state index is 0.0892. The molecule has 0 spiro atoms. The van der Waals surface area contributed by atoms with Crippen molar-refractivity contribution >= 4 is 40.0 Å². The third-order valence-corrected chi connectivity index (χ3v) is 6.28. The van der Waals surface area contributed by atoms with Gasteiger partial charge >= 0.3 is 6.03 Å². The highest BCUT2D eigenvalue weighted by molar-refractivity contribution is 6.08. The van der Waals surface area contributed by atoms with Crippen LogP contribution in [-0.2, 0) is 10.2 Å². The number of hydrogen-bond donors (Lipinski definition) is 4. The van der Waals surface area contributed by atoms with Crippen LogP contribution in [0.2, 0.25) is 0 Å². The Hall–Kier alpha value is -4.86. The summed E-state index contributed by atoms with van der Waals surface area (Å²) in [6.45, 7) is 8.04. The van der Waals surface area contributed by atoms with E-state index in [0.717, 1.165) is 16.3 Å². The van der Waals surface area contributed by atoms with Crippen molar-refractivity contribution in [1.82, 2.24) is 15.3 Å². The minimum atomic E-state index is -0.520. The molecule has 1 heterocycles. The summed E-state index contributed by atoms with van der Waals surface area (Å²) in [5, 5.41) is 12.9. The van der Waals surface area contributed by atoms with Crippen LogP contribution in [0.5, 0.6) is 17.4 Å². The molecule has 1 unspecified atom stereocenters. The summed E-state index contributed by atoms with van der Waals surface area (Å²) in [5.41, 5.74) is 2.17. The van der Waals surface area contributed by atoms with Gasteiger partial charge < -0.3 is 30.7 Å². The van der Waals surface area contributed by atoms with Gasteiger partial charge in [-0.05, 0) is 42.2 Å². The molecule has 1 aromatic heterocycles. The molecule has 0 radical (unpaired) electrons. The number of methoxy groups -OCH3 is 1. The third-order valence-electron chi connectivity index (χ3n) is 6.28. The fourth-order valence-electron chi connectivity index (χ4n) is 4.07. The Labute approximate surface area is 233 Å². The fourth-order valence-corrected chi connectivity index (χ4v) is 4.07. The number of carbonyl (C=O) groups is 2. The predicted molar refractivity (Wildman–Crippen MR) is 158 cm³/mol. The van der Waals surface area contributed by atoms with Crippen molar-refractivity contribution in [2.75, 3.05) is 30.1 Å². The Morgan fingerprint density at radius 1 is 0.900 bits per heavy atom. The van der Waals surface area contributed by atoms with Gasteiger partial charge in [-0.2, -0.15) is 4.98 Å². The van der Waals surface area contributed by atoms with Gasteiger partial charge in [-0.3, -0.25) is 4.79 Å². The zero-order valence-corrected chi connectivity index (χ0v) is 23.5. The Morgan fingerprint density at radius 3 is 2.30 bits per heavy atom. The van der Waals surface area contributed by atoms with Crippen molar-refractivity contribution in [2.24, 2.45) is 0 Å². The van der Waals surface area contributed by atoms with Gasteiger partial charge in [-0.25, -0.2) is 9.78 Å². The molecule has 0 aliphatic heterocycles. The summed E-state index contributed by atoms with van der Waals surface area (Å²) in [4.78, 5) is 33.4. The van der Waals surface area contributed by atoms with Gasteiger partial charge in [0.1, 0.15) is 17.5 Å². The van der Waals surface area contributed by atoms with E-state index in [4.69, 9.17) is 9.47 Å². The zero-order valence-electron chi connectivity index (χ0n) is 23.5. The highest BCUT2D eigenvalue weighted by Crippen LogP contribution is 2.35. The zero-order chi connectivity index (χ0) is 28.9. The fraction of sp³-hybridized carbons (Fsp3) is 0.267. The van der Waals surface area contributed by atoms with E-state index in [1.165, 1.54) is 0 Å². The van der Waals surface area contributed by atoms with Crippen molar-refractivity contribution in [3.63, 3.8) is 0 Å². The van der Waals surface area contributed by atoms with Gasteiger partial charge in [0.25, 0.3) is 0 Å². The molecule has 4 N–H and O–H groups in total. The number of carbonyl (C=O) groups excluding carboxylic acids is 2. The third kappa shape index (κ3) is 6.58. The Balaban J connectivity index is 1.55. The molecule has 0 aliphatic carbocycles. The standard InChI is InChI=1S/C30H34N6O4/c1-18(27(37)31-5)33-28-32-16-15-26(36-28)40-24-14-12-22(20-9-7-8-10-21(20)24)34-29(38)35-23-17-19(30(2,3)4)11-13-25(23)39-6/h7-18H,1-6H3,(H,31,37)(H,32,33,36)(H2,34,35,38). The van der Waals surface area contributed by atoms with E-state index >= 15 is 0 Å². The summed E-state index contributed by atoms with van der Waals surface area (Å²) in [6, 6.07) is 17.6. The molecule has 0 bridgehead atoms. The quantitative estimate of drug-likeness (QED) is 0.218. The molecule has 1 atom stereocenters. The number of anilines is 3. The summed E-state index contributed by atoms with van der Waals surface area (Å²) >= 11 is 0. The lowest BCUT2D eigenvalue weighted by atomic mass is 9.87. The SMILES string of the molecule is CNC(=O)C(C)Nc1nccc(Oc2ccc(NC(=O)Nc3cc(C(C)(C)C)ccc3OC)c3ccccc23)n1. The number of rotatable bonds is 8. The molecule has 3 amide bonds. The summed E-state index contributed by atoms with van der Waals surface area (Å²) < 4.78 is 11.6. The van der Waals surface area contributed by atoms with Crippen LogP contribution in [0.4, 0.5) is 22.1 Å². The number of nitrogens with zero attached hydrogens (tertiary/aromatic N) is 2. The van der Waals surface area contributed by atoms with Gasteiger partial charge in [0.2, 0.25) is 17.7 Å². The lowest BCUT2D eigenvalue weighted by Gasteiger charge is -2.21. The van der Waals surface area contributed by atoms with E-state index in [2.05, 4.69) is 52.0 Å². The van der Waals surface area contributed by atoms with Gasteiger partial charge in [-0.1, -0.05) is 51.1 Å². The van der Waals surface area contributed by atoms with E-state index in [1.807, 2.05) is 42.5 Å². The largest absolute Gasteiger partial charge is 0.495 e. The van der Waals surface area contributed by atoms with Crippen molar-refractivity contribution in [2.45, 2.75) is 39.2 Å². The monoisotopic (exact) mass is 542 g/mol. The molecule has 10 nitrogen and oxygen atoms in total. The second-order valence-corrected chi connectivity index (χ2v) is 10.2. The smallest absolute Gasteiger partial charge is 0.323 e. The Bertz CT molecular complexity index is 1530. The maximum absolute atomic E-state index is 13.1. The Morgan fingerprint density at radius 2 is 1.60 bits per heavy atom. The lowest BCUT2D eigenvalue weighted by Crippen LogP contribution is -2.35. The predicted octanol–water partition coefficient (Wildman–Crippen LogP) is 5.92. The second kappa shape index (κ2) is 11.9. The summed E-state index contributed by atoms with van der Waals surface area (Å²) in [6.07, 6.45) is 1.55. The molecule has 4 aromatic rings. The normalized spacial score (nSPS) is 11.8. The second-order valence-electron chi connectivity index (χ2n) is 10.2. The van der Waals surface area contributed by atoms with E-state index < -0.39 is 12.1 Å². The van der Waals surface area contributed by atoms with E-state index in [0.29, 0.717) is 28.8 Å². The molecular formula is C30H34N6O4. The van der Waals surface area contributed by atoms with Crippen LogP contribution in [0.15, 0.2) is 66.9 Å². The number of ether oxygens (including phenoxy) is 2. The average molecular weight is 543 g/mol. The molecule has 0 saturated heterocycles. The van der Waals surface area contributed by atoms with Gasteiger partial charge in [0.15, 0.2) is 0 Å². The number of hydrogen-bond acceptors (Lipinski definition) is 7. The van der Waals surface area contributed by atoms with Crippen molar-refractivity contribution in [3.8, 4) is 17.4 Å². The first-order valence-corrected chi connectivity index (χ1v) is 12.9. The first kappa shape index (κ1) is 28.2. The maximum atomic E-state index is 13.1. The number of nitrogens with one attached hydrogen (secondary N) is 4. The van der Waals surface area contributed by atoms with Crippen molar-refractivity contribution in [1.29, 1.82) is 0 Å². The lowest BCUT2D eigenvalue weighted by molar-refractivity contribution is -0.121. The van der Waals surface area contributed by atoms with Gasteiger partial charge in [0, 0.05) is 30.1 Å². The number of benzene rings is 3. The van der Waals surface area contributed by atoms with E-state index in [1.54, 1.807) is 45.5 Å². The van der Waals surface area contributed by atoms with E-state index in [9.17, 15) is 9.59 Å². The molecule has 3 aromatic carbocycles. The maximum Gasteiger partial charge on any atom is 0.323 e. The van der Waals surface area contributed by atoms with Gasteiger partial charge in [-0.15, -0.1) is 0 Å². The minimum Gasteiger partial charge on any atom is -0.495 e. The molecule has 0 saturated carbocycles. The number of amides is 3. The first-order valence-electron chi connectivity index (χ1n) is 12.9. The number of likely N-dealkylation sites (N-methyl/N-ethyl adjacent to an activating group) is 1. The highest BCUT2D eigenvalue weighted by atomic mass is 16.5. The number of aromatic nitrogens is 2. The first-order chi connectivity index (χ1) is 19.1. The van der Waals surface area contributed by atoms with Crippen LogP contribution >= 0.6 is 0 Å². The van der Waals surface area contributed by atoms with Crippen molar-refractivity contribution in [3.05, 3.63) is 72.4 Å². The van der Waals surface area contributed by atoms with Crippen LogP contribution in [-0.4, -0.2) is 42.1 Å².